The van der Waals surface area contributed by atoms with Crippen molar-refractivity contribution in [2.24, 2.45) is 10.2 Å². The summed E-state index contributed by atoms with van der Waals surface area (Å²) in [7, 11) is 0. The minimum Gasteiger partial charge on any atom is -0.463 e. The molecule has 0 unspecified atom stereocenters. The van der Waals surface area contributed by atoms with Crippen LogP contribution in [0.2, 0.25) is 0 Å². The third kappa shape index (κ3) is 3.87. The molecule has 2 rings (SSSR count). The number of nitrogens with zero attached hydrogens (tertiary/aromatic N) is 2. The van der Waals surface area contributed by atoms with Crippen LogP contribution in [0.3, 0.4) is 0 Å². The van der Waals surface area contributed by atoms with E-state index < -0.39 is 0 Å². The Labute approximate surface area is 106 Å². The molecular formula is C15H14N2O. The SMILES string of the molecule is CC(=C/c1ccccc1)/C=N/N=C/c1ccco1. The topological polar surface area (TPSA) is 37.9 Å². The number of allylic oxidation sites excluding steroid dienone is 1. The summed E-state index contributed by atoms with van der Waals surface area (Å²) in [6, 6.07) is 13.7. The first-order chi connectivity index (χ1) is 8.84. The predicted octanol–water partition coefficient (Wildman–Crippen LogP) is 3.79. The molecular weight excluding hydrogens is 224 g/mol. The van der Waals surface area contributed by atoms with Crippen molar-refractivity contribution in [3.63, 3.8) is 0 Å². The van der Waals surface area contributed by atoms with Crippen LogP contribution in [-0.2, 0) is 0 Å². The first kappa shape index (κ1) is 12.0. The highest BCUT2D eigenvalue weighted by molar-refractivity contribution is 5.85. The first-order valence-corrected chi connectivity index (χ1v) is 5.68. The molecule has 3 heteroatoms. The van der Waals surface area contributed by atoms with Crippen molar-refractivity contribution in [3.05, 3.63) is 65.6 Å². The van der Waals surface area contributed by atoms with Gasteiger partial charge in [0.25, 0.3) is 0 Å². The molecule has 0 aliphatic heterocycles. The molecule has 0 N–H and O–H groups in total. The summed E-state index contributed by atoms with van der Waals surface area (Å²) in [5, 5.41) is 7.86. The molecule has 1 aromatic carbocycles. The van der Waals surface area contributed by atoms with E-state index >= 15 is 0 Å². The van der Waals surface area contributed by atoms with E-state index in [1.165, 1.54) is 0 Å². The zero-order chi connectivity index (χ0) is 12.6. The molecule has 0 aliphatic rings. The van der Waals surface area contributed by atoms with Crippen molar-refractivity contribution in [2.45, 2.75) is 6.92 Å². The third-order valence-corrected chi connectivity index (χ3v) is 2.25. The Kier molecular flexibility index (Phi) is 4.25. The highest BCUT2D eigenvalue weighted by Gasteiger charge is 1.88. The third-order valence-electron chi connectivity index (χ3n) is 2.25. The zero-order valence-corrected chi connectivity index (χ0v) is 10.2. The Hall–Kier alpha value is -2.42. The van der Waals surface area contributed by atoms with Crippen molar-refractivity contribution in [1.82, 2.24) is 0 Å². The van der Waals surface area contributed by atoms with Crippen molar-refractivity contribution in [2.75, 3.05) is 0 Å². The Morgan fingerprint density at radius 2 is 1.89 bits per heavy atom. The Balaban J connectivity index is 1.95. The van der Waals surface area contributed by atoms with Crippen molar-refractivity contribution < 1.29 is 4.42 Å². The van der Waals surface area contributed by atoms with Gasteiger partial charge >= 0.3 is 0 Å². The summed E-state index contributed by atoms with van der Waals surface area (Å²) < 4.78 is 5.10. The summed E-state index contributed by atoms with van der Waals surface area (Å²) in [6.45, 7) is 1.99. The predicted molar refractivity (Wildman–Crippen MR) is 74.9 cm³/mol. The van der Waals surface area contributed by atoms with Crippen LogP contribution in [0, 0.1) is 0 Å². The van der Waals surface area contributed by atoms with Gasteiger partial charge in [0, 0.05) is 0 Å². The molecule has 0 atom stereocenters. The quantitative estimate of drug-likeness (QED) is 0.590. The molecule has 18 heavy (non-hydrogen) atoms. The van der Waals surface area contributed by atoms with Gasteiger partial charge in [-0.3, -0.25) is 0 Å². The number of hydrogen-bond donors (Lipinski definition) is 0. The van der Waals surface area contributed by atoms with Gasteiger partial charge in [0.2, 0.25) is 0 Å². The molecule has 90 valence electrons. The monoisotopic (exact) mass is 238 g/mol. The lowest BCUT2D eigenvalue weighted by Gasteiger charge is -1.92. The van der Waals surface area contributed by atoms with Crippen molar-refractivity contribution in [3.8, 4) is 0 Å². The van der Waals surface area contributed by atoms with E-state index in [1.54, 1.807) is 18.7 Å². The van der Waals surface area contributed by atoms with Gasteiger partial charge in [-0.05, 0) is 30.2 Å². The first-order valence-electron chi connectivity index (χ1n) is 5.68. The molecule has 0 bridgehead atoms. The molecule has 0 amide bonds. The van der Waals surface area contributed by atoms with Gasteiger partial charge in [-0.2, -0.15) is 10.2 Å². The van der Waals surface area contributed by atoms with Crippen molar-refractivity contribution in [1.29, 1.82) is 0 Å². The Bertz CT molecular complexity index is 551. The number of furan rings is 1. The molecule has 0 aliphatic carbocycles. The largest absolute Gasteiger partial charge is 0.463 e. The second-order valence-corrected chi connectivity index (χ2v) is 3.80. The van der Waals surface area contributed by atoms with Crippen LogP contribution in [0.5, 0.6) is 0 Å². The average molecular weight is 238 g/mol. The maximum absolute atomic E-state index is 5.10. The standard InChI is InChI=1S/C15H14N2O/c1-13(10-14-6-3-2-4-7-14)11-16-17-12-15-8-5-9-18-15/h2-12H,1H3/b13-10-,16-11+,17-12+. The number of benzene rings is 1. The van der Waals surface area contributed by atoms with Crippen molar-refractivity contribution >= 4 is 18.5 Å². The van der Waals surface area contributed by atoms with Crippen LogP contribution in [0.4, 0.5) is 0 Å². The molecule has 1 aromatic heterocycles. The molecule has 1 heterocycles. The Morgan fingerprint density at radius 3 is 2.61 bits per heavy atom. The highest BCUT2D eigenvalue weighted by Crippen LogP contribution is 2.04. The average Bonchev–Trinajstić information content (AvgIpc) is 2.89. The fraction of sp³-hybridized carbons (Fsp3) is 0.0667. The normalized spacial score (nSPS) is 12.6. The van der Waals surface area contributed by atoms with Gasteiger partial charge in [0.15, 0.2) is 0 Å². The lowest BCUT2D eigenvalue weighted by Crippen LogP contribution is -1.79. The zero-order valence-electron chi connectivity index (χ0n) is 10.2. The molecule has 2 aromatic rings. The molecule has 0 saturated heterocycles. The number of hydrogen-bond acceptors (Lipinski definition) is 3. The fourth-order valence-corrected chi connectivity index (χ4v) is 1.43. The van der Waals surface area contributed by atoms with Crippen LogP contribution in [0.25, 0.3) is 6.08 Å². The second kappa shape index (κ2) is 6.35. The maximum atomic E-state index is 5.10. The van der Waals surface area contributed by atoms with E-state index in [9.17, 15) is 0 Å². The summed E-state index contributed by atoms with van der Waals surface area (Å²) in [6.07, 6.45) is 6.94. The molecule has 0 radical (unpaired) electrons. The highest BCUT2D eigenvalue weighted by atomic mass is 16.3. The molecule has 3 nitrogen and oxygen atoms in total. The van der Waals surface area contributed by atoms with Crippen LogP contribution >= 0.6 is 0 Å². The maximum Gasteiger partial charge on any atom is 0.146 e. The lowest BCUT2D eigenvalue weighted by molar-refractivity contribution is 0.560. The van der Waals surface area contributed by atoms with E-state index in [-0.39, 0.29) is 0 Å². The van der Waals surface area contributed by atoms with E-state index in [2.05, 4.69) is 10.2 Å². The van der Waals surface area contributed by atoms with Gasteiger partial charge in [-0.25, -0.2) is 0 Å². The van der Waals surface area contributed by atoms with Crippen LogP contribution in [0.1, 0.15) is 18.2 Å². The summed E-state index contributed by atoms with van der Waals surface area (Å²) in [5.74, 6) is 0.692. The minimum atomic E-state index is 0.692. The van der Waals surface area contributed by atoms with E-state index in [4.69, 9.17) is 4.42 Å². The number of rotatable bonds is 4. The van der Waals surface area contributed by atoms with Crippen LogP contribution < -0.4 is 0 Å². The smallest absolute Gasteiger partial charge is 0.146 e. The van der Waals surface area contributed by atoms with Crippen LogP contribution in [-0.4, -0.2) is 12.4 Å². The van der Waals surface area contributed by atoms with Gasteiger partial charge in [-0.1, -0.05) is 36.4 Å². The minimum absolute atomic E-state index is 0.692. The van der Waals surface area contributed by atoms with E-state index in [0.717, 1.165) is 11.1 Å². The Morgan fingerprint density at radius 1 is 1.06 bits per heavy atom. The van der Waals surface area contributed by atoms with Gasteiger partial charge < -0.3 is 4.42 Å². The van der Waals surface area contributed by atoms with Gasteiger partial charge in [-0.15, -0.1) is 0 Å². The summed E-state index contributed by atoms with van der Waals surface area (Å²) in [4.78, 5) is 0. The van der Waals surface area contributed by atoms with Crippen LogP contribution in [0.15, 0.2) is 68.9 Å². The second-order valence-electron chi connectivity index (χ2n) is 3.80. The van der Waals surface area contributed by atoms with E-state index in [1.807, 2.05) is 55.5 Å². The lowest BCUT2D eigenvalue weighted by atomic mass is 10.1. The van der Waals surface area contributed by atoms with Gasteiger partial charge in [0.1, 0.15) is 5.76 Å². The van der Waals surface area contributed by atoms with Gasteiger partial charge in [0.05, 0.1) is 18.7 Å². The fourth-order valence-electron chi connectivity index (χ4n) is 1.43. The molecule has 0 saturated carbocycles. The van der Waals surface area contributed by atoms with E-state index in [0.29, 0.717) is 5.76 Å². The molecule has 0 spiro atoms. The summed E-state index contributed by atoms with van der Waals surface area (Å²) >= 11 is 0. The molecule has 0 fully saturated rings. The summed E-state index contributed by atoms with van der Waals surface area (Å²) in [5.41, 5.74) is 2.19.